The van der Waals surface area contributed by atoms with Crippen LogP contribution >= 0.6 is 0 Å². The number of nitrogens with zero attached hydrogens (tertiary/aromatic N) is 1. The average molecular weight is 703 g/mol. The number of piperidine rings is 1. The molecule has 5 atom stereocenters. The van der Waals surface area contributed by atoms with Gasteiger partial charge in [-0.05, 0) is 69.9 Å². The molecular weight excluding hydrogens is 648 g/mol. The van der Waals surface area contributed by atoms with Gasteiger partial charge in [-0.3, -0.25) is 19.2 Å². The molecule has 12 nitrogen and oxygen atoms in total. The van der Waals surface area contributed by atoms with E-state index in [1.165, 1.54) is 17.0 Å². The molecule has 13 heteroatoms. The number of Topliss-reactive ketones (excluding diaryl/α,β-unsaturated/α-hetero) is 1. The maximum atomic E-state index is 14.1. The van der Waals surface area contributed by atoms with Gasteiger partial charge in [0, 0.05) is 6.54 Å². The van der Waals surface area contributed by atoms with Crippen LogP contribution in [0.15, 0.2) is 29.2 Å². The molecule has 0 spiro atoms. The molecule has 0 bridgehead atoms. The first kappa shape index (κ1) is 38.3. The van der Waals surface area contributed by atoms with Crippen molar-refractivity contribution in [3.63, 3.8) is 0 Å². The van der Waals surface area contributed by atoms with E-state index >= 15 is 0 Å². The van der Waals surface area contributed by atoms with E-state index in [-0.39, 0.29) is 34.5 Å². The Hall–Kier alpha value is -3.48. The van der Waals surface area contributed by atoms with Crippen LogP contribution in [0.2, 0.25) is 0 Å². The van der Waals surface area contributed by atoms with E-state index in [4.69, 9.17) is 4.74 Å². The van der Waals surface area contributed by atoms with E-state index in [1.807, 2.05) is 20.8 Å². The molecule has 1 aromatic carbocycles. The summed E-state index contributed by atoms with van der Waals surface area (Å²) >= 11 is 0. The first-order valence-corrected chi connectivity index (χ1v) is 19.3. The van der Waals surface area contributed by atoms with E-state index in [9.17, 15) is 32.4 Å². The van der Waals surface area contributed by atoms with Crippen LogP contribution in [0, 0.1) is 24.2 Å². The lowest BCUT2D eigenvalue weighted by Gasteiger charge is -2.34. The first-order valence-electron chi connectivity index (χ1n) is 17.6. The van der Waals surface area contributed by atoms with Crippen molar-refractivity contribution in [3.8, 4) is 0 Å². The summed E-state index contributed by atoms with van der Waals surface area (Å²) < 4.78 is 31.1. The molecule has 4 rings (SSSR count). The minimum atomic E-state index is -3.91. The van der Waals surface area contributed by atoms with Crippen molar-refractivity contribution >= 4 is 39.4 Å². The maximum Gasteiger partial charge on any atom is 0.408 e. The summed E-state index contributed by atoms with van der Waals surface area (Å²) in [4.78, 5) is 69.2. The van der Waals surface area contributed by atoms with Crippen molar-refractivity contribution in [3.05, 3.63) is 29.8 Å². The average Bonchev–Trinajstić information content (AvgIpc) is 3.32. The molecular formula is C36H54N4O8S. The molecule has 3 aliphatic rings. The number of hydrogen-bond donors (Lipinski definition) is 3. The van der Waals surface area contributed by atoms with Gasteiger partial charge in [0.15, 0.2) is 9.84 Å². The van der Waals surface area contributed by atoms with Crippen molar-refractivity contribution in [2.45, 2.75) is 134 Å². The number of rotatable bonds is 6. The van der Waals surface area contributed by atoms with Crippen LogP contribution in [0.1, 0.15) is 104 Å². The van der Waals surface area contributed by atoms with Crippen molar-refractivity contribution in [2.24, 2.45) is 17.3 Å². The molecule has 4 amide bonds. The third-order valence-electron chi connectivity index (χ3n) is 10.1. The number of sulfone groups is 1. The molecule has 1 aromatic rings. The molecule has 272 valence electrons. The van der Waals surface area contributed by atoms with Gasteiger partial charge in [-0.1, -0.05) is 82.9 Å². The number of carbonyl (C=O) groups excluding carboxylic acids is 5. The van der Waals surface area contributed by atoms with Crippen molar-refractivity contribution in [1.82, 2.24) is 20.9 Å². The zero-order chi connectivity index (χ0) is 36.1. The Bertz CT molecular complexity index is 1500. The molecule has 49 heavy (non-hydrogen) atoms. The van der Waals surface area contributed by atoms with Gasteiger partial charge < -0.3 is 25.6 Å². The van der Waals surface area contributed by atoms with E-state index in [2.05, 4.69) is 16.0 Å². The summed E-state index contributed by atoms with van der Waals surface area (Å²) in [5, 5.41) is 7.81. The van der Waals surface area contributed by atoms with Crippen LogP contribution in [-0.2, 0) is 33.8 Å². The van der Waals surface area contributed by atoms with Gasteiger partial charge in [-0.2, -0.15) is 0 Å². The van der Waals surface area contributed by atoms with E-state index in [0.29, 0.717) is 19.4 Å². The molecule has 0 radical (unpaired) electrons. The fourth-order valence-corrected chi connectivity index (χ4v) is 8.28. The minimum Gasteiger partial charge on any atom is -0.444 e. The largest absolute Gasteiger partial charge is 0.444 e. The number of alkyl carbamates (subject to hydrolysis) is 1. The normalized spacial score (nSPS) is 26.7. The minimum absolute atomic E-state index is 0.0201. The smallest absolute Gasteiger partial charge is 0.408 e. The molecule has 2 aliphatic heterocycles. The van der Waals surface area contributed by atoms with E-state index < -0.39 is 63.1 Å². The highest BCUT2D eigenvalue weighted by Crippen LogP contribution is 2.65. The highest BCUT2D eigenvalue weighted by atomic mass is 32.2. The summed E-state index contributed by atoms with van der Waals surface area (Å²) in [5.74, 6) is -3.81. The van der Waals surface area contributed by atoms with Gasteiger partial charge in [0.2, 0.25) is 17.6 Å². The topological polar surface area (TPSA) is 168 Å². The molecule has 2 heterocycles. The lowest BCUT2D eigenvalue weighted by atomic mass is 9.97. The van der Waals surface area contributed by atoms with Crippen LogP contribution in [-0.4, -0.2) is 79.1 Å². The lowest BCUT2D eigenvalue weighted by Crippen LogP contribution is -2.58. The van der Waals surface area contributed by atoms with Crippen molar-refractivity contribution < 1.29 is 37.1 Å². The Labute approximate surface area is 290 Å². The molecule has 0 aromatic heterocycles. The number of carbonyl (C=O) groups is 5. The monoisotopic (exact) mass is 702 g/mol. The second-order valence-corrected chi connectivity index (χ2v) is 17.5. The molecule has 0 unspecified atom stereocenters. The Morgan fingerprint density at radius 2 is 1.51 bits per heavy atom. The Morgan fingerprint density at radius 3 is 2.10 bits per heavy atom. The van der Waals surface area contributed by atoms with Gasteiger partial charge >= 0.3 is 6.09 Å². The molecule has 1 saturated carbocycles. The molecule has 3 fully saturated rings. The predicted octanol–water partition coefficient (Wildman–Crippen LogP) is 4.19. The summed E-state index contributed by atoms with van der Waals surface area (Å²) in [6, 6.07) is 3.20. The summed E-state index contributed by atoms with van der Waals surface area (Å²) in [6.45, 7) is 11.5. The first-order chi connectivity index (χ1) is 22.9. The van der Waals surface area contributed by atoms with Gasteiger partial charge in [0.1, 0.15) is 23.6 Å². The van der Waals surface area contributed by atoms with Gasteiger partial charge in [-0.15, -0.1) is 0 Å². The lowest BCUT2D eigenvalue weighted by molar-refractivity contribution is -0.144. The van der Waals surface area contributed by atoms with E-state index in [0.717, 1.165) is 50.5 Å². The Kier molecular flexibility index (Phi) is 12.2. The zero-order valence-corrected chi connectivity index (χ0v) is 30.6. The van der Waals surface area contributed by atoms with Crippen LogP contribution in [0.3, 0.4) is 0 Å². The third kappa shape index (κ3) is 9.82. The number of aryl methyl sites for hydroxylation is 1. The second kappa shape index (κ2) is 15.6. The van der Waals surface area contributed by atoms with Gasteiger partial charge in [0.05, 0.1) is 10.9 Å². The second-order valence-electron chi connectivity index (χ2n) is 15.5. The number of hydrogen-bond acceptors (Lipinski definition) is 8. The molecule has 3 N–H and O–H groups in total. The van der Waals surface area contributed by atoms with Crippen molar-refractivity contribution in [2.75, 3.05) is 12.4 Å². The number of ether oxygens (including phenoxy) is 1. The quantitative estimate of drug-likeness (QED) is 0.371. The van der Waals surface area contributed by atoms with E-state index in [1.54, 1.807) is 32.9 Å². The number of ketones is 1. The number of fused-ring (bicyclic) bond motifs is 3. The fraction of sp³-hybridized carbons (Fsp3) is 0.694. The highest BCUT2D eigenvalue weighted by Gasteiger charge is 2.69. The van der Waals surface area contributed by atoms with Gasteiger partial charge in [0.25, 0.3) is 5.91 Å². The highest BCUT2D eigenvalue weighted by molar-refractivity contribution is 7.91. The third-order valence-corrected chi connectivity index (χ3v) is 11.7. The standard InChI is InChI=1S/C36H54N4O8S/c1-23-17-19-24(20-18-23)49(46,47)22-37-32(43)30(41)26-15-13-11-9-7-8-10-12-14-16-27(39-34(45)48-35(2,3)4)33(44)40-21-25-28(36(25,5)6)29(40)31(42)38-26/h17-20,25-29H,7-16,21-22H2,1-6H3,(H,37,43)(H,38,42)(H,39,45)/t25-,26-,27-,28-,29-/m0/s1. The van der Waals surface area contributed by atoms with Crippen LogP contribution in [0.4, 0.5) is 4.79 Å². The molecule has 1 aliphatic carbocycles. The SMILES string of the molecule is Cc1ccc(S(=O)(=O)CNC(=O)C(=O)[C@@H]2CCCCCCCCCC[C@H](NC(=O)OC(C)(C)C)C(=O)N3C[C@H]4[C@@H]([C@H]3C(=O)N2)C4(C)C)cc1. The summed E-state index contributed by atoms with van der Waals surface area (Å²) in [5.41, 5.74) is -0.0975. The van der Waals surface area contributed by atoms with Crippen LogP contribution in [0.25, 0.3) is 0 Å². The van der Waals surface area contributed by atoms with Gasteiger partial charge in [-0.25, -0.2) is 13.2 Å². The van der Waals surface area contributed by atoms with Crippen LogP contribution in [0.5, 0.6) is 0 Å². The molecule has 2 saturated heterocycles. The predicted molar refractivity (Wildman–Crippen MR) is 184 cm³/mol. The Balaban J connectivity index is 1.54. The van der Waals surface area contributed by atoms with Crippen molar-refractivity contribution in [1.29, 1.82) is 0 Å². The summed E-state index contributed by atoms with van der Waals surface area (Å²) in [6.07, 6.45) is 6.78. The van der Waals surface area contributed by atoms with Crippen LogP contribution < -0.4 is 16.0 Å². The maximum absolute atomic E-state index is 14.1. The summed E-state index contributed by atoms with van der Waals surface area (Å²) in [7, 11) is -3.91. The number of amides is 4. The number of benzene rings is 1. The zero-order valence-electron chi connectivity index (χ0n) is 29.8. The number of nitrogens with one attached hydrogen (secondary N) is 3. The fourth-order valence-electron chi connectivity index (χ4n) is 7.24. The Morgan fingerprint density at radius 1 is 0.939 bits per heavy atom.